The lowest BCUT2D eigenvalue weighted by Crippen LogP contribution is -2.36. The lowest BCUT2D eigenvalue weighted by molar-refractivity contribution is -0.119. The highest BCUT2D eigenvalue weighted by Crippen LogP contribution is 2.29. The van der Waals surface area contributed by atoms with Crippen LogP contribution in [0.1, 0.15) is 0 Å². The summed E-state index contributed by atoms with van der Waals surface area (Å²) in [5.41, 5.74) is 0.977. The summed E-state index contributed by atoms with van der Waals surface area (Å²) >= 11 is 12.0. The molecule has 0 aliphatic carbocycles. The van der Waals surface area contributed by atoms with Gasteiger partial charge in [0.2, 0.25) is 11.8 Å². The molecule has 0 fully saturated rings. The van der Waals surface area contributed by atoms with Crippen molar-refractivity contribution in [2.75, 3.05) is 37.9 Å². The molecule has 0 aliphatic rings. The fourth-order valence-corrected chi connectivity index (χ4v) is 2.74. The number of amides is 2. The van der Waals surface area contributed by atoms with Crippen molar-refractivity contribution >= 4 is 46.4 Å². The van der Waals surface area contributed by atoms with E-state index in [-0.39, 0.29) is 24.9 Å². The van der Waals surface area contributed by atoms with E-state index in [0.717, 1.165) is 0 Å². The Morgan fingerprint density at radius 2 is 1.58 bits per heavy atom. The molecule has 0 unspecified atom stereocenters. The molecule has 0 spiro atoms. The minimum Gasteiger partial charge on any atom is -0.497 e. The van der Waals surface area contributed by atoms with Gasteiger partial charge in [-0.2, -0.15) is 0 Å². The first-order valence-corrected chi connectivity index (χ1v) is 8.51. The fourth-order valence-electron chi connectivity index (χ4n) is 2.24. The summed E-state index contributed by atoms with van der Waals surface area (Å²) in [5, 5.41) is 6.11. The van der Waals surface area contributed by atoms with Gasteiger partial charge in [-0.25, -0.2) is 0 Å². The summed E-state index contributed by atoms with van der Waals surface area (Å²) in [5.74, 6) is 0.0770. The van der Waals surface area contributed by atoms with E-state index in [4.69, 9.17) is 27.9 Å². The summed E-state index contributed by atoms with van der Waals surface area (Å²) < 4.78 is 5.11. The van der Waals surface area contributed by atoms with Crippen molar-refractivity contribution in [3.05, 3.63) is 52.5 Å². The Hall–Kier alpha value is -2.28. The number of hydrogen-bond donors (Lipinski definition) is 2. The van der Waals surface area contributed by atoms with E-state index in [1.165, 1.54) is 0 Å². The Labute approximate surface area is 162 Å². The van der Waals surface area contributed by atoms with Gasteiger partial charge >= 0.3 is 0 Å². The molecule has 2 N–H and O–H groups in total. The molecule has 6 nitrogen and oxygen atoms in total. The number of benzene rings is 2. The predicted molar refractivity (Wildman–Crippen MR) is 104 cm³/mol. The molecular weight excluding hydrogens is 377 g/mol. The van der Waals surface area contributed by atoms with Crippen molar-refractivity contribution in [3.63, 3.8) is 0 Å². The predicted octanol–water partition coefficient (Wildman–Crippen LogP) is 3.51. The molecule has 0 saturated carbocycles. The number of carbonyl (C=O) groups excluding carboxylic acids is 2. The number of carbonyl (C=O) groups is 2. The van der Waals surface area contributed by atoms with Crippen LogP contribution < -0.4 is 15.4 Å². The average molecular weight is 396 g/mol. The average Bonchev–Trinajstić information content (AvgIpc) is 2.58. The Morgan fingerprint density at radius 3 is 2.19 bits per heavy atom. The molecule has 2 rings (SSSR count). The van der Waals surface area contributed by atoms with E-state index < -0.39 is 0 Å². The van der Waals surface area contributed by atoms with Crippen LogP contribution in [-0.4, -0.2) is 44.0 Å². The third-order valence-corrected chi connectivity index (χ3v) is 4.04. The maximum absolute atomic E-state index is 12.1. The summed E-state index contributed by atoms with van der Waals surface area (Å²) in [6, 6.07) is 12.0. The number of nitrogens with zero attached hydrogens (tertiary/aromatic N) is 1. The van der Waals surface area contributed by atoms with Crippen LogP contribution in [0, 0.1) is 0 Å². The van der Waals surface area contributed by atoms with Crippen LogP contribution in [0.4, 0.5) is 11.4 Å². The van der Waals surface area contributed by atoms with Crippen molar-refractivity contribution in [2.24, 2.45) is 0 Å². The Balaban J connectivity index is 1.86. The quantitative estimate of drug-likeness (QED) is 0.752. The standard InChI is InChI=1S/C18H19Cl2N3O3/c1-23(10-16(24)21-12-5-3-6-13(9-12)26-2)11-17(25)22-18-14(19)7-4-8-15(18)20/h3-9H,10-11H2,1-2H3,(H,21,24)(H,22,25). The number of rotatable bonds is 7. The van der Waals surface area contributed by atoms with Crippen LogP contribution in [-0.2, 0) is 9.59 Å². The molecule has 8 heteroatoms. The van der Waals surface area contributed by atoms with Crippen molar-refractivity contribution in [3.8, 4) is 5.75 Å². The summed E-state index contributed by atoms with van der Waals surface area (Å²) in [6.45, 7) is 0.0496. The topological polar surface area (TPSA) is 70.7 Å². The first-order chi connectivity index (χ1) is 12.4. The molecule has 0 saturated heterocycles. The second-order valence-corrected chi connectivity index (χ2v) is 6.41. The molecule has 2 amide bonds. The number of hydrogen-bond acceptors (Lipinski definition) is 4. The van der Waals surface area contributed by atoms with E-state index in [2.05, 4.69) is 10.6 Å². The molecule has 0 aromatic heterocycles. The lowest BCUT2D eigenvalue weighted by atomic mass is 10.3. The number of nitrogens with one attached hydrogen (secondary N) is 2. The minimum absolute atomic E-state index is 0.00703. The number of ether oxygens (including phenoxy) is 1. The third-order valence-electron chi connectivity index (χ3n) is 3.41. The van der Waals surface area contributed by atoms with Gasteiger partial charge in [-0.05, 0) is 31.3 Å². The number of anilines is 2. The SMILES string of the molecule is COc1cccc(NC(=O)CN(C)CC(=O)Nc2c(Cl)cccc2Cl)c1. The highest BCUT2D eigenvalue weighted by molar-refractivity contribution is 6.39. The second kappa shape index (κ2) is 9.43. The Kier molecular flexibility index (Phi) is 7.26. The number of methoxy groups -OCH3 is 1. The molecule has 0 aliphatic heterocycles. The van der Waals surface area contributed by atoms with E-state index in [1.54, 1.807) is 61.5 Å². The monoisotopic (exact) mass is 395 g/mol. The number of halogens is 2. The van der Waals surface area contributed by atoms with Crippen molar-refractivity contribution in [1.82, 2.24) is 4.90 Å². The van der Waals surface area contributed by atoms with Gasteiger partial charge in [-0.1, -0.05) is 35.3 Å². The number of likely N-dealkylation sites (N-methyl/N-ethyl adjacent to an activating group) is 1. The van der Waals surface area contributed by atoms with Crippen molar-refractivity contribution in [2.45, 2.75) is 0 Å². The maximum Gasteiger partial charge on any atom is 0.238 e. The molecule has 138 valence electrons. The van der Waals surface area contributed by atoms with Crippen molar-refractivity contribution in [1.29, 1.82) is 0 Å². The first-order valence-electron chi connectivity index (χ1n) is 7.75. The van der Waals surface area contributed by atoms with Gasteiger partial charge in [0.1, 0.15) is 5.75 Å². The first kappa shape index (κ1) is 20.0. The molecular formula is C18H19Cl2N3O3. The summed E-state index contributed by atoms with van der Waals surface area (Å²) in [7, 11) is 3.22. The van der Waals surface area contributed by atoms with Gasteiger partial charge in [0.15, 0.2) is 0 Å². The maximum atomic E-state index is 12.1. The third kappa shape index (κ3) is 5.91. The highest BCUT2D eigenvalue weighted by Gasteiger charge is 2.14. The van der Waals surface area contributed by atoms with Crippen LogP contribution >= 0.6 is 23.2 Å². The number of para-hydroxylation sites is 1. The zero-order chi connectivity index (χ0) is 19.1. The fraction of sp³-hybridized carbons (Fsp3) is 0.222. The molecule has 0 atom stereocenters. The van der Waals surface area contributed by atoms with Crippen LogP contribution in [0.3, 0.4) is 0 Å². The van der Waals surface area contributed by atoms with E-state index in [9.17, 15) is 9.59 Å². The van der Waals surface area contributed by atoms with E-state index in [1.807, 2.05) is 0 Å². The molecule has 0 heterocycles. The van der Waals surface area contributed by atoms with E-state index in [0.29, 0.717) is 27.2 Å². The van der Waals surface area contributed by atoms with Crippen LogP contribution in [0.15, 0.2) is 42.5 Å². The van der Waals surface area contributed by atoms with Crippen molar-refractivity contribution < 1.29 is 14.3 Å². The van der Waals surface area contributed by atoms with Gasteiger partial charge < -0.3 is 15.4 Å². The molecule has 0 radical (unpaired) electrons. The molecule has 2 aromatic rings. The van der Waals surface area contributed by atoms with Crippen LogP contribution in [0.5, 0.6) is 5.75 Å². The van der Waals surface area contributed by atoms with Crippen LogP contribution in [0.25, 0.3) is 0 Å². The highest BCUT2D eigenvalue weighted by atomic mass is 35.5. The van der Waals surface area contributed by atoms with Gasteiger partial charge in [0.25, 0.3) is 0 Å². The normalized spacial score (nSPS) is 10.5. The summed E-state index contributed by atoms with van der Waals surface area (Å²) in [4.78, 5) is 25.8. The van der Waals surface area contributed by atoms with Gasteiger partial charge in [-0.3, -0.25) is 14.5 Å². The van der Waals surface area contributed by atoms with Gasteiger partial charge in [0, 0.05) is 11.8 Å². The zero-order valence-electron chi connectivity index (χ0n) is 14.4. The van der Waals surface area contributed by atoms with E-state index >= 15 is 0 Å². The molecule has 0 bridgehead atoms. The lowest BCUT2D eigenvalue weighted by Gasteiger charge is -2.17. The van der Waals surface area contributed by atoms with Gasteiger partial charge in [0.05, 0.1) is 35.9 Å². The Morgan fingerprint density at radius 1 is 1.00 bits per heavy atom. The second-order valence-electron chi connectivity index (χ2n) is 5.60. The smallest absolute Gasteiger partial charge is 0.238 e. The Bertz CT molecular complexity index is 779. The molecule has 2 aromatic carbocycles. The summed E-state index contributed by atoms with van der Waals surface area (Å²) in [6.07, 6.45) is 0. The zero-order valence-corrected chi connectivity index (χ0v) is 15.9. The molecule has 26 heavy (non-hydrogen) atoms. The van der Waals surface area contributed by atoms with Crippen LogP contribution in [0.2, 0.25) is 10.0 Å². The van der Waals surface area contributed by atoms with Gasteiger partial charge in [-0.15, -0.1) is 0 Å². The minimum atomic E-state index is -0.323. The largest absolute Gasteiger partial charge is 0.497 e.